The Morgan fingerprint density at radius 3 is 2.64 bits per heavy atom. The van der Waals surface area contributed by atoms with Gasteiger partial charge in [0.05, 0.1) is 17.4 Å². The lowest BCUT2D eigenvalue weighted by molar-refractivity contribution is -0.140. The van der Waals surface area contributed by atoms with Gasteiger partial charge in [-0.05, 0) is 37.0 Å². The van der Waals surface area contributed by atoms with Gasteiger partial charge in [-0.3, -0.25) is 4.79 Å². The number of hydrogen-bond donors (Lipinski definition) is 2. The number of aliphatic carboxylic acids is 1. The van der Waals surface area contributed by atoms with E-state index in [1.807, 2.05) is 0 Å². The van der Waals surface area contributed by atoms with Crippen molar-refractivity contribution in [3.05, 3.63) is 41.7 Å². The lowest BCUT2D eigenvalue weighted by Gasteiger charge is -2.11. The Labute approximate surface area is 139 Å². The average Bonchev–Trinajstić information content (AvgIpc) is 3.26. The normalized spacial score (nSPS) is 15.6. The maximum atomic E-state index is 12.8. The lowest BCUT2D eigenvalue weighted by Crippen LogP contribution is -2.42. The molecule has 0 aliphatic heterocycles. The summed E-state index contributed by atoms with van der Waals surface area (Å²) >= 11 is 0. The second-order valence-electron chi connectivity index (χ2n) is 5.72. The highest BCUT2D eigenvalue weighted by molar-refractivity contribution is 5.94. The van der Waals surface area contributed by atoms with E-state index in [2.05, 4.69) is 15.6 Å². The van der Waals surface area contributed by atoms with E-state index in [4.69, 9.17) is 5.11 Å². The van der Waals surface area contributed by atoms with Crippen LogP contribution in [-0.4, -0.2) is 38.0 Å². The number of alkyl halides is 3. The van der Waals surface area contributed by atoms with Gasteiger partial charge in [0.1, 0.15) is 6.04 Å². The summed E-state index contributed by atoms with van der Waals surface area (Å²) in [6.07, 6.45) is -1.92. The molecule has 0 bridgehead atoms. The maximum Gasteiger partial charge on any atom is 0.416 e. The van der Waals surface area contributed by atoms with Crippen molar-refractivity contribution in [2.24, 2.45) is 5.92 Å². The quantitative estimate of drug-likeness (QED) is 0.854. The number of aromatic nitrogens is 3. The van der Waals surface area contributed by atoms with E-state index in [0.717, 1.165) is 23.0 Å². The van der Waals surface area contributed by atoms with Crippen molar-refractivity contribution >= 4 is 11.9 Å². The molecule has 1 unspecified atom stereocenters. The number of carboxylic acids is 1. The lowest BCUT2D eigenvalue weighted by atomic mass is 10.2. The van der Waals surface area contributed by atoms with Crippen molar-refractivity contribution in [1.29, 1.82) is 0 Å². The molecule has 3 rings (SSSR count). The van der Waals surface area contributed by atoms with Crippen LogP contribution in [0.1, 0.15) is 28.9 Å². The molecule has 1 atom stereocenters. The Balaban J connectivity index is 1.78. The summed E-state index contributed by atoms with van der Waals surface area (Å²) in [4.78, 5) is 23.2. The van der Waals surface area contributed by atoms with Gasteiger partial charge in [0, 0.05) is 0 Å². The van der Waals surface area contributed by atoms with Crippen LogP contribution < -0.4 is 5.32 Å². The zero-order valence-electron chi connectivity index (χ0n) is 12.7. The van der Waals surface area contributed by atoms with Gasteiger partial charge in [-0.2, -0.15) is 13.2 Å². The van der Waals surface area contributed by atoms with Crippen LogP contribution in [-0.2, 0) is 11.0 Å². The van der Waals surface area contributed by atoms with Gasteiger partial charge in [0.25, 0.3) is 5.91 Å². The van der Waals surface area contributed by atoms with Crippen LogP contribution in [0.3, 0.4) is 0 Å². The summed E-state index contributed by atoms with van der Waals surface area (Å²) in [7, 11) is 0. The number of amides is 1. The van der Waals surface area contributed by atoms with Crippen LogP contribution >= 0.6 is 0 Å². The number of nitrogens with zero attached hydrogens (tertiary/aromatic N) is 3. The van der Waals surface area contributed by atoms with Crippen LogP contribution in [0.2, 0.25) is 0 Å². The fourth-order valence-electron chi connectivity index (χ4n) is 2.34. The standard InChI is InChI=1S/C15H13F3N4O3/c16-15(17,18)9-2-1-3-10(6-9)22-7-11(20-21-22)13(23)19-12(14(24)25)8-4-5-8/h1-3,6-8,12H,4-5H2,(H,19,23)(H,24,25). The predicted octanol–water partition coefficient (Wildman–Crippen LogP) is 1.88. The number of carbonyl (C=O) groups excluding carboxylic acids is 1. The molecular weight excluding hydrogens is 341 g/mol. The van der Waals surface area contributed by atoms with Crippen LogP contribution in [0.5, 0.6) is 0 Å². The molecule has 1 heterocycles. The predicted molar refractivity (Wildman–Crippen MR) is 78.0 cm³/mol. The van der Waals surface area contributed by atoms with Gasteiger partial charge in [-0.1, -0.05) is 11.3 Å². The minimum atomic E-state index is -4.50. The van der Waals surface area contributed by atoms with Crippen molar-refractivity contribution in [1.82, 2.24) is 20.3 Å². The van der Waals surface area contributed by atoms with E-state index in [1.54, 1.807) is 0 Å². The maximum absolute atomic E-state index is 12.8. The number of hydrogen-bond acceptors (Lipinski definition) is 4. The summed E-state index contributed by atoms with van der Waals surface area (Å²) < 4.78 is 39.3. The molecule has 1 saturated carbocycles. The molecular formula is C15H13F3N4O3. The number of carboxylic acid groups (broad SMARTS) is 1. The van der Waals surface area contributed by atoms with Gasteiger partial charge in [-0.15, -0.1) is 5.10 Å². The van der Waals surface area contributed by atoms with Crippen LogP contribution in [0, 0.1) is 5.92 Å². The minimum absolute atomic E-state index is 0.0818. The summed E-state index contributed by atoms with van der Waals surface area (Å²) in [5.74, 6) is -1.99. The highest BCUT2D eigenvalue weighted by atomic mass is 19.4. The Morgan fingerprint density at radius 1 is 1.32 bits per heavy atom. The first-order valence-corrected chi connectivity index (χ1v) is 7.39. The fraction of sp³-hybridized carbons (Fsp3) is 0.333. The van der Waals surface area contributed by atoms with Gasteiger partial charge in [-0.25, -0.2) is 9.48 Å². The van der Waals surface area contributed by atoms with E-state index in [0.29, 0.717) is 12.8 Å². The third kappa shape index (κ3) is 3.78. The molecule has 2 aromatic rings. The Hall–Kier alpha value is -2.91. The summed E-state index contributed by atoms with van der Waals surface area (Å²) in [5, 5.41) is 18.7. The minimum Gasteiger partial charge on any atom is -0.480 e. The Kier molecular flexibility index (Phi) is 4.19. The molecule has 1 aliphatic carbocycles. The van der Waals surface area contributed by atoms with Crippen molar-refractivity contribution in [3.8, 4) is 5.69 Å². The summed E-state index contributed by atoms with van der Waals surface area (Å²) in [6, 6.07) is 3.39. The highest BCUT2D eigenvalue weighted by Crippen LogP contribution is 2.33. The fourth-order valence-corrected chi connectivity index (χ4v) is 2.34. The monoisotopic (exact) mass is 354 g/mol. The van der Waals surface area contributed by atoms with E-state index in [-0.39, 0.29) is 17.3 Å². The summed E-state index contributed by atoms with van der Waals surface area (Å²) in [6.45, 7) is 0. The molecule has 1 aliphatic rings. The molecule has 0 saturated heterocycles. The molecule has 25 heavy (non-hydrogen) atoms. The molecule has 1 fully saturated rings. The average molecular weight is 354 g/mol. The Bertz CT molecular complexity index is 814. The molecule has 0 radical (unpaired) electrons. The molecule has 132 valence electrons. The van der Waals surface area contributed by atoms with E-state index < -0.39 is 29.7 Å². The molecule has 2 N–H and O–H groups in total. The molecule has 1 amide bonds. The third-order valence-corrected chi connectivity index (χ3v) is 3.81. The number of halogens is 3. The van der Waals surface area contributed by atoms with E-state index >= 15 is 0 Å². The summed E-state index contributed by atoms with van der Waals surface area (Å²) in [5.41, 5.74) is -0.950. The van der Waals surface area contributed by atoms with Crippen molar-refractivity contribution in [2.45, 2.75) is 25.1 Å². The second kappa shape index (κ2) is 6.19. The van der Waals surface area contributed by atoms with Crippen LogP contribution in [0.25, 0.3) is 5.69 Å². The number of benzene rings is 1. The second-order valence-corrected chi connectivity index (χ2v) is 5.72. The number of carbonyl (C=O) groups is 2. The van der Waals surface area contributed by atoms with Crippen LogP contribution in [0.4, 0.5) is 13.2 Å². The van der Waals surface area contributed by atoms with E-state index in [1.165, 1.54) is 12.1 Å². The van der Waals surface area contributed by atoms with Crippen LogP contribution in [0.15, 0.2) is 30.5 Å². The third-order valence-electron chi connectivity index (χ3n) is 3.81. The highest BCUT2D eigenvalue weighted by Gasteiger charge is 2.37. The Morgan fingerprint density at radius 2 is 2.04 bits per heavy atom. The molecule has 7 nitrogen and oxygen atoms in total. The van der Waals surface area contributed by atoms with Gasteiger partial charge in [0.15, 0.2) is 5.69 Å². The van der Waals surface area contributed by atoms with Gasteiger partial charge in [0.2, 0.25) is 0 Å². The smallest absolute Gasteiger partial charge is 0.416 e. The van der Waals surface area contributed by atoms with Gasteiger partial charge >= 0.3 is 12.1 Å². The zero-order chi connectivity index (χ0) is 18.2. The SMILES string of the molecule is O=C(NC(C(=O)O)C1CC1)c1cn(-c2cccc(C(F)(F)F)c2)nn1. The zero-order valence-corrected chi connectivity index (χ0v) is 12.7. The first-order valence-electron chi connectivity index (χ1n) is 7.39. The number of rotatable bonds is 5. The van der Waals surface area contributed by atoms with Crippen molar-refractivity contribution < 1.29 is 27.9 Å². The first-order chi connectivity index (χ1) is 11.8. The molecule has 1 aromatic carbocycles. The molecule has 10 heteroatoms. The molecule has 1 aromatic heterocycles. The van der Waals surface area contributed by atoms with Gasteiger partial charge < -0.3 is 10.4 Å². The topological polar surface area (TPSA) is 97.1 Å². The van der Waals surface area contributed by atoms with Crippen molar-refractivity contribution in [2.75, 3.05) is 0 Å². The largest absolute Gasteiger partial charge is 0.480 e. The first kappa shape index (κ1) is 16.9. The van der Waals surface area contributed by atoms with E-state index in [9.17, 15) is 22.8 Å². The molecule has 0 spiro atoms. The number of nitrogens with one attached hydrogen (secondary N) is 1. The van der Waals surface area contributed by atoms with Crippen molar-refractivity contribution in [3.63, 3.8) is 0 Å².